The molecule has 0 aliphatic carbocycles. The van der Waals surface area contributed by atoms with E-state index in [-0.39, 0.29) is 11.7 Å². The molecule has 1 unspecified atom stereocenters. The van der Waals surface area contributed by atoms with Crippen LogP contribution >= 0.6 is 0 Å². The first-order valence-electron chi connectivity index (χ1n) is 11.8. The number of fused-ring (bicyclic) bond motifs is 1. The van der Waals surface area contributed by atoms with Crippen LogP contribution < -0.4 is 10.9 Å². The molecule has 0 spiro atoms. The third-order valence-corrected chi connectivity index (χ3v) is 6.32. The number of H-pyrrole nitrogens is 1. The van der Waals surface area contributed by atoms with Gasteiger partial charge in [0.2, 0.25) is 0 Å². The number of rotatable bonds is 9. The molecular weight excluding hydrogens is 434 g/mol. The predicted molar refractivity (Wildman–Crippen MR) is 131 cm³/mol. The van der Waals surface area contributed by atoms with Gasteiger partial charge in [-0.15, -0.1) is 0 Å². The van der Waals surface area contributed by atoms with Crippen LogP contribution in [-0.2, 0) is 22.6 Å². The topological polar surface area (TPSA) is 112 Å². The van der Waals surface area contributed by atoms with Crippen LogP contribution in [0.15, 0.2) is 35.3 Å². The fourth-order valence-electron chi connectivity index (χ4n) is 4.44. The average Bonchev–Trinajstić information content (AvgIpc) is 3.15. The van der Waals surface area contributed by atoms with Crippen LogP contribution in [-0.4, -0.2) is 69.4 Å². The Hall–Kier alpha value is -3.01. The number of carboxylic acid groups (broad SMARTS) is 1. The zero-order chi connectivity index (χ0) is 24.2. The molecule has 0 radical (unpaired) electrons. The molecule has 3 heterocycles. The van der Waals surface area contributed by atoms with E-state index in [1.807, 2.05) is 31.2 Å². The van der Waals surface area contributed by atoms with Gasteiger partial charge in [0.1, 0.15) is 11.9 Å². The number of nitrogens with one attached hydrogen (secondary N) is 2. The van der Waals surface area contributed by atoms with E-state index in [0.717, 1.165) is 47.5 Å². The highest BCUT2D eigenvalue weighted by Crippen LogP contribution is 2.26. The van der Waals surface area contributed by atoms with Gasteiger partial charge in [-0.05, 0) is 44.2 Å². The number of aromatic amines is 1. The smallest absolute Gasteiger partial charge is 0.320 e. The molecule has 34 heavy (non-hydrogen) atoms. The van der Waals surface area contributed by atoms with Crippen molar-refractivity contribution in [3.63, 3.8) is 0 Å². The zero-order valence-electron chi connectivity index (χ0n) is 20.0. The Labute approximate surface area is 198 Å². The largest absolute Gasteiger partial charge is 0.480 e. The standard InChI is InChI=1S/C25H33N5O4/c1-4-5-20(25(32)33)26-12-17-6-7-22-21(11-17)28-23(18-10-16(2)24(31)27-13-18)30(22)15-19-14-29(3)8-9-34-19/h6-7,10-11,13,19-20,26H,4-5,8-9,12,14-15H2,1-3H3,(H,27,31)(H,32,33)/t19-,20?/m1/s1. The molecule has 1 fully saturated rings. The average molecular weight is 468 g/mol. The van der Waals surface area contributed by atoms with Gasteiger partial charge in [-0.2, -0.15) is 0 Å². The van der Waals surface area contributed by atoms with Crippen molar-refractivity contribution in [3.8, 4) is 11.4 Å². The van der Waals surface area contributed by atoms with E-state index in [9.17, 15) is 14.7 Å². The van der Waals surface area contributed by atoms with Crippen LogP contribution in [0.1, 0.15) is 30.9 Å². The second-order valence-electron chi connectivity index (χ2n) is 9.09. The Morgan fingerprint density at radius 2 is 2.21 bits per heavy atom. The van der Waals surface area contributed by atoms with Crippen molar-refractivity contribution in [3.05, 3.63) is 51.9 Å². The van der Waals surface area contributed by atoms with Crippen molar-refractivity contribution in [2.24, 2.45) is 0 Å². The van der Waals surface area contributed by atoms with Crippen molar-refractivity contribution in [2.75, 3.05) is 26.7 Å². The maximum Gasteiger partial charge on any atom is 0.320 e. The molecule has 3 aromatic rings. The molecular formula is C25H33N5O4. The summed E-state index contributed by atoms with van der Waals surface area (Å²) in [5.74, 6) is -0.0638. The van der Waals surface area contributed by atoms with Gasteiger partial charge in [-0.3, -0.25) is 9.59 Å². The minimum atomic E-state index is -0.833. The molecule has 9 nitrogen and oxygen atoms in total. The molecule has 1 saturated heterocycles. The lowest BCUT2D eigenvalue weighted by atomic mass is 10.1. The van der Waals surface area contributed by atoms with Crippen molar-refractivity contribution in [1.29, 1.82) is 0 Å². The zero-order valence-corrected chi connectivity index (χ0v) is 20.0. The number of aryl methyl sites for hydroxylation is 1. The number of hydrogen-bond acceptors (Lipinski definition) is 6. The van der Waals surface area contributed by atoms with Crippen LogP contribution in [0.4, 0.5) is 0 Å². The Balaban J connectivity index is 1.68. The van der Waals surface area contributed by atoms with Crippen LogP contribution in [0.25, 0.3) is 22.4 Å². The summed E-state index contributed by atoms with van der Waals surface area (Å²) >= 11 is 0. The molecule has 182 valence electrons. The first kappa shape index (κ1) is 24.1. The highest BCUT2D eigenvalue weighted by molar-refractivity contribution is 5.81. The fourth-order valence-corrected chi connectivity index (χ4v) is 4.44. The van der Waals surface area contributed by atoms with E-state index >= 15 is 0 Å². The maximum absolute atomic E-state index is 11.9. The molecule has 1 aliphatic rings. The van der Waals surface area contributed by atoms with Crippen molar-refractivity contribution in [1.82, 2.24) is 24.8 Å². The quantitative estimate of drug-likeness (QED) is 0.443. The lowest BCUT2D eigenvalue weighted by Crippen LogP contribution is -2.42. The van der Waals surface area contributed by atoms with E-state index in [1.165, 1.54) is 0 Å². The summed E-state index contributed by atoms with van der Waals surface area (Å²) in [5, 5.41) is 12.6. The third-order valence-electron chi connectivity index (χ3n) is 6.32. The van der Waals surface area contributed by atoms with Gasteiger partial charge in [-0.1, -0.05) is 19.4 Å². The van der Waals surface area contributed by atoms with E-state index < -0.39 is 12.0 Å². The Morgan fingerprint density at radius 1 is 1.38 bits per heavy atom. The molecule has 2 aromatic heterocycles. The number of pyridine rings is 1. The SMILES string of the molecule is CCCC(NCc1ccc2c(c1)nc(-c1c[nH]c(=O)c(C)c1)n2C[C@H]1CN(C)CCO1)C(=O)O. The number of imidazole rings is 1. The fraction of sp³-hybridized carbons (Fsp3) is 0.480. The number of carboxylic acids is 1. The maximum atomic E-state index is 11.9. The monoisotopic (exact) mass is 467 g/mol. The molecule has 3 N–H and O–H groups in total. The van der Waals surface area contributed by atoms with Gasteiger partial charge < -0.3 is 29.6 Å². The highest BCUT2D eigenvalue weighted by Gasteiger charge is 2.22. The first-order chi connectivity index (χ1) is 16.4. The molecule has 2 atom stereocenters. The molecule has 0 bridgehead atoms. The molecule has 9 heteroatoms. The van der Waals surface area contributed by atoms with Crippen LogP contribution in [0, 0.1) is 6.92 Å². The molecule has 1 aliphatic heterocycles. The number of nitrogens with zero attached hydrogens (tertiary/aromatic N) is 3. The predicted octanol–water partition coefficient (Wildman–Crippen LogP) is 2.37. The van der Waals surface area contributed by atoms with Gasteiger partial charge in [-0.25, -0.2) is 4.98 Å². The highest BCUT2D eigenvalue weighted by atomic mass is 16.5. The summed E-state index contributed by atoms with van der Waals surface area (Å²) in [6.45, 7) is 7.29. The Bertz CT molecular complexity index is 1220. The van der Waals surface area contributed by atoms with Gasteiger partial charge >= 0.3 is 5.97 Å². The second kappa shape index (κ2) is 10.5. The number of hydrogen-bond donors (Lipinski definition) is 3. The van der Waals surface area contributed by atoms with Crippen LogP contribution in [0.5, 0.6) is 0 Å². The number of morpholine rings is 1. The molecule has 0 amide bonds. The number of carbonyl (C=O) groups is 1. The summed E-state index contributed by atoms with van der Waals surface area (Å²) in [6, 6.07) is 7.32. The summed E-state index contributed by atoms with van der Waals surface area (Å²) in [6.07, 6.45) is 3.11. The Kier molecular flexibility index (Phi) is 7.45. The van der Waals surface area contributed by atoms with Crippen LogP contribution in [0.2, 0.25) is 0 Å². The lowest BCUT2D eigenvalue weighted by Gasteiger charge is -2.30. The third kappa shape index (κ3) is 5.38. The van der Waals surface area contributed by atoms with Crippen molar-refractivity contribution >= 4 is 17.0 Å². The minimum absolute atomic E-state index is 0.0328. The number of aliphatic carboxylic acids is 1. The number of benzene rings is 1. The summed E-state index contributed by atoms with van der Waals surface area (Å²) < 4.78 is 8.18. The van der Waals surface area contributed by atoms with Gasteiger partial charge in [0.25, 0.3) is 5.56 Å². The van der Waals surface area contributed by atoms with Crippen LogP contribution in [0.3, 0.4) is 0 Å². The van der Waals surface area contributed by atoms with Crippen molar-refractivity contribution in [2.45, 2.75) is 51.9 Å². The molecule has 4 rings (SSSR count). The minimum Gasteiger partial charge on any atom is -0.480 e. The van der Waals surface area contributed by atoms with Crippen molar-refractivity contribution < 1.29 is 14.6 Å². The number of likely N-dealkylation sites (N-methyl/N-ethyl adjacent to an activating group) is 1. The van der Waals surface area contributed by atoms with E-state index in [4.69, 9.17) is 9.72 Å². The van der Waals surface area contributed by atoms with Gasteiger partial charge in [0.15, 0.2) is 0 Å². The van der Waals surface area contributed by atoms with Gasteiger partial charge in [0.05, 0.1) is 30.3 Å². The normalized spacial score (nSPS) is 17.8. The number of aromatic nitrogens is 3. The van der Waals surface area contributed by atoms with E-state index in [0.29, 0.717) is 31.7 Å². The Morgan fingerprint density at radius 3 is 2.91 bits per heavy atom. The molecule has 1 aromatic carbocycles. The lowest BCUT2D eigenvalue weighted by molar-refractivity contribution is -0.139. The summed E-state index contributed by atoms with van der Waals surface area (Å²) in [4.78, 5) is 33.4. The number of ether oxygens (including phenoxy) is 1. The second-order valence-corrected chi connectivity index (χ2v) is 9.09. The summed E-state index contributed by atoms with van der Waals surface area (Å²) in [7, 11) is 2.09. The first-order valence-corrected chi connectivity index (χ1v) is 11.8. The van der Waals surface area contributed by atoms with E-state index in [2.05, 4.69) is 26.8 Å². The summed E-state index contributed by atoms with van der Waals surface area (Å²) in [5.41, 5.74) is 4.12. The molecule has 0 saturated carbocycles. The van der Waals surface area contributed by atoms with Gasteiger partial charge in [0, 0.05) is 37.0 Å². The van der Waals surface area contributed by atoms with E-state index in [1.54, 1.807) is 13.1 Å².